The van der Waals surface area contributed by atoms with E-state index in [1.807, 2.05) is 11.4 Å². The van der Waals surface area contributed by atoms with E-state index in [9.17, 15) is 18.0 Å². The van der Waals surface area contributed by atoms with Gasteiger partial charge in [0, 0.05) is 49.7 Å². The van der Waals surface area contributed by atoms with Gasteiger partial charge in [0.25, 0.3) is 11.8 Å². The molecule has 0 saturated carbocycles. The second-order valence-electron chi connectivity index (χ2n) is 7.92. The molecule has 172 valence electrons. The van der Waals surface area contributed by atoms with E-state index in [-0.39, 0.29) is 16.7 Å². The van der Waals surface area contributed by atoms with Gasteiger partial charge in [-0.25, -0.2) is 8.42 Å². The lowest BCUT2D eigenvalue weighted by molar-refractivity contribution is 0.0784. The third-order valence-corrected chi connectivity index (χ3v) is 8.57. The zero-order chi connectivity index (χ0) is 23.6. The van der Waals surface area contributed by atoms with Crippen molar-refractivity contribution in [3.05, 3.63) is 87.1 Å². The number of benzene rings is 2. The molecule has 2 heterocycles. The molecule has 0 atom stereocenters. The molecule has 4 rings (SSSR count). The monoisotopic (exact) mass is 483 g/mol. The van der Waals surface area contributed by atoms with Crippen molar-refractivity contribution in [2.45, 2.75) is 24.4 Å². The van der Waals surface area contributed by atoms with Gasteiger partial charge in [-0.3, -0.25) is 9.59 Å². The highest BCUT2D eigenvalue weighted by Gasteiger charge is 2.29. The van der Waals surface area contributed by atoms with Crippen LogP contribution in [0.3, 0.4) is 0 Å². The Labute approximate surface area is 197 Å². The molecule has 1 aliphatic heterocycles. The van der Waals surface area contributed by atoms with Crippen LogP contribution in [-0.4, -0.2) is 50.1 Å². The summed E-state index contributed by atoms with van der Waals surface area (Å²) in [7, 11) is -0.473. The van der Waals surface area contributed by atoms with Crippen molar-refractivity contribution in [2.75, 3.05) is 20.6 Å². The van der Waals surface area contributed by atoms with Crippen molar-refractivity contribution in [1.29, 1.82) is 0 Å². The Bertz CT molecular complexity index is 1280. The zero-order valence-electron chi connectivity index (χ0n) is 18.4. The molecule has 0 saturated heterocycles. The first-order valence-corrected chi connectivity index (χ1v) is 12.8. The van der Waals surface area contributed by atoms with Gasteiger partial charge in [-0.15, -0.1) is 11.3 Å². The Morgan fingerprint density at radius 3 is 2.58 bits per heavy atom. The summed E-state index contributed by atoms with van der Waals surface area (Å²) in [5.74, 6) is -0.450. The minimum atomic E-state index is -3.71. The van der Waals surface area contributed by atoms with Crippen molar-refractivity contribution >= 4 is 33.2 Å². The first-order valence-electron chi connectivity index (χ1n) is 10.5. The van der Waals surface area contributed by atoms with Crippen LogP contribution in [-0.2, 0) is 29.5 Å². The average Bonchev–Trinajstić information content (AvgIpc) is 3.31. The van der Waals surface area contributed by atoms with Crippen LogP contribution < -0.4 is 5.32 Å². The SMILES string of the molecule is CNC(=O)c1ccc(CN(C)C(=O)c2cccc(S(=O)(=O)N3CCc4sccc4C3)c2)cc1. The lowest BCUT2D eigenvalue weighted by Gasteiger charge is -2.26. The van der Waals surface area contributed by atoms with Crippen molar-refractivity contribution in [3.63, 3.8) is 0 Å². The summed E-state index contributed by atoms with van der Waals surface area (Å²) in [4.78, 5) is 27.6. The first kappa shape index (κ1) is 23.2. The van der Waals surface area contributed by atoms with E-state index in [1.165, 1.54) is 26.2 Å². The molecule has 0 spiro atoms. The highest BCUT2D eigenvalue weighted by atomic mass is 32.2. The van der Waals surface area contributed by atoms with Gasteiger partial charge in [0.05, 0.1) is 4.90 Å². The lowest BCUT2D eigenvalue weighted by atomic mass is 10.1. The van der Waals surface area contributed by atoms with Crippen LogP contribution in [0.25, 0.3) is 0 Å². The predicted molar refractivity (Wildman–Crippen MR) is 128 cm³/mol. The lowest BCUT2D eigenvalue weighted by Crippen LogP contribution is -2.35. The van der Waals surface area contributed by atoms with Gasteiger partial charge in [-0.05, 0) is 59.3 Å². The van der Waals surface area contributed by atoms with E-state index >= 15 is 0 Å². The Balaban J connectivity index is 1.48. The van der Waals surface area contributed by atoms with Crippen LogP contribution in [0.15, 0.2) is 64.9 Å². The molecule has 0 radical (unpaired) electrons. The number of sulfonamides is 1. The molecular weight excluding hydrogens is 458 g/mol. The summed E-state index contributed by atoms with van der Waals surface area (Å²) in [5.41, 5.74) is 2.76. The van der Waals surface area contributed by atoms with E-state index in [2.05, 4.69) is 5.32 Å². The van der Waals surface area contributed by atoms with E-state index in [0.717, 1.165) is 11.1 Å². The van der Waals surface area contributed by atoms with E-state index in [4.69, 9.17) is 0 Å². The Morgan fingerprint density at radius 2 is 1.85 bits per heavy atom. The van der Waals surface area contributed by atoms with Gasteiger partial charge < -0.3 is 10.2 Å². The van der Waals surface area contributed by atoms with Gasteiger partial charge in [0.15, 0.2) is 0 Å². The van der Waals surface area contributed by atoms with Crippen LogP contribution in [0.4, 0.5) is 0 Å². The Hall–Kier alpha value is -3.01. The maximum absolute atomic E-state index is 13.2. The van der Waals surface area contributed by atoms with Crippen molar-refractivity contribution < 1.29 is 18.0 Å². The molecule has 3 aromatic rings. The highest BCUT2D eigenvalue weighted by Crippen LogP contribution is 2.28. The molecule has 33 heavy (non-hydrogen) atoms. The second-order valence-corrected chi connectivity index (χ2v) is 10.9. The number of rotatable bonds is 6. The largest absolute Gasteiger partial charge is 0.355 e. The summed E-state index contributed by atoms with van der Waals surface area (Å²) in [6.07, 6.45) is 0.701. The number of nitrogens with one attached hydrogen (secondary N) is 1. The van der Waals surface area contributed by atoms with Crippen LogP contribution >= 0.6 is 11.3 Å². The van der Waals surface area contributed by atoms with Crippen molar-refractivity contribution in [2.24, 2.45) is 0 Å². The number of nitrogens with zero attached hydrogens (tertiary/aromatic N) is 2. The summed E-state index contributed by atoms with van der Waals surface area (Å²) >= 11 is 1.66. The minimum Gasteiger partial charge on any atom is -0.355 e. The third-order valence-electron chi connectivity index (χ3n) is 5.70. The normalized spacial score (nSPS) is 13.9. The topological polar surface area (TPSA) is 86.8 Å². The standard InChI is InChI=1S/C24H25N3O4S2/c1-25-23(28)18-8-6-17(7-9-18)15-26(2)24(29)19-4-3-5-21(14-19)33(30,31)27-12-10-22-20(16-27)11-13-32-22/h3-9,11,13-14H,10,12,15-16H2,1-2H3,(H,25,28). The fourth-order valence-electron chi connectivity index (χ4n) is 3.84. The smallest absolute Gasteiger partial charge is 0.253 e. The Morgan fingerprint density at radius 1 is 1.09 bits per heavy atom. The predicted octanol–water partition coefficient (Wildman–Crippen LogP) is 3.13. The van der Waals surface area contributed by atoms with Crippen LogP contribution in [0.1, 0.15) is 36.7 Å². The van der Waals surface area contributed by atoms with Gasteiger partial charge in [0.2, 0.25) is 10.0 Å². The quantitative estimate of drug-likeness (QED) is 0.584. The second kappa shape index (κ2) is 9.46. The van der Waals surface area contributed by atoms with Crippen molar-refractivity contribution in [3.8, 4) is 0 Å². The number of carbonyl (C=O) groups is 2. The van der Waals surface area contributed by atoms with Gasteiger partial charge in [0.1, 0.15) is 0 Å². The molecule has 9 heteroatoms. The van der Waals surface area contributed by atoms with Crippen LogP contribution in [0, 0.1) is 0 Å². The summed E-state index contributed by atoms with van der Waals surface area (Å²) in [6, 6.07) is 15.2. The molecule has 0 aliphatic carbocycles. The fourth-order valence-corrected chi connectivity index (χ4v) is 6.19. The summed E-state index contributed by atoms with van der Waals surface area (Å²) < 4.78 is 28.0. The van der Waals surface area contributed by atoms with Gasteiger partial charge in [-0.1, -0.05) is 18.2 Å². The van der Waals surface area contributed by atoms with Gasteiger partial charge in [-0.2, -0.15) is 4.31 Å². The van der Waals surface area contributed by atoms with Crippen LogP contribution in [0.2, 0.25) is 0 Å². The molecule has 1 aromatic heterocycles. The number of amides is 2. The van der Waals surface area contributed by atoms with E-state index in [0.29, 0.717) is 37.2 Å². The number of thiophene rings is 1. The molecule has 1 N–H and O–H groups in total. The van der Waals surface area contributed by atoms with Crippen LogP contribution in [0.5, 0.6) is 0 Å². The molecular formula is C24H25N3O4S2. The van der Waals surface area contributed by atoms with E-state index < -0.39 is 10.0 Å². The first-order chi connectivity index (χ1) is 15.8. The number of fused-ring (bicyclic) bond motifs is 1. The van der Waals surface area contributed by atoms with Gasteiger partial charge >= 0.3 is 0 Å². The maximum atomic E-state index is 13.2. The molecule has 0 bridgehead atoms. The van der Waals surface area contributed by atoms with Crippen molar-refractivity contribution in [1.82, 2.24) is 14.5 Å². The molecule has 0 fully saturated rings. The zero-order valence-corrected chi connectivity index (χ0v) is 20.1. The average molecular weight is 484 g/mol. The summed E-state index contributed by atoms with van der Waals surface area (Å²) in [5, 5.41) is 4.56. The number of carbonyl (C=O) groups excluding carboxylic acids is 2. The summed E-state index contributed by atoms with van der Waals surface area (Å²) in [6.45, 7) is 1.11. The van der Waals surface area contributed by atoms with E-state index in [1.54, 1.807) is 61.8 Å². The molecule has 1 aliphatic rings. The maximum Gasteiger partial charge on any atom is 0.253 e. The molecule has 2 aromatic carbocycles. The molecule has 2 amide bonds. The number of hydrogen-bond donors (Lipinski definition) is 1. The molecule has 0 unspecified atom stereocenters. The third kappa shape index (κ3) is 4.85. The number of hydrogen-bond acceptors (Lipinski definition) is 5. The minimum absolute atomic E-state index is 0.121. The molecule has 7 nitrogen and oxygen atoms in total. The fraction of sp³-hybridized carbons (Fsp3) is 0.250. The highest BCUT2D eigenvalue weighted by molar-refractivity contribution is 7.89. The Kier molecular flexibility index (Phi) is 6.64.